The van der Waals surface area contributed by atoms with Gasteiger partial charge in [0.15, 0.2) is 6.61 Å². The first-order chi connectivity index (χ1) is 11.7. The summed E-state index contributed by atoms with van der Waals surface area (Å²) in [5, 5.41) is 4.70. The maximum absolute atomic E-state index is 12.2. The van der Waals surface area contributed by atoms with Crippen molar-refractivity contribution in [3.8, 4) is 11.5 Å². The van der Waals surface area contributed by atoms with E-state index in [1.807, 2.05) is 17.5 Å². The van der Waals surface area contributed by atoms with Crippen LogP contribution in [0.3, 0.4) is 0 Å². The van der Waals surface area contributed by atoms with Crippen molar-refractivity contribution in [1.29, 1.82) is 0 Å². The van der Waals surface area contributed by atoms with Gasteiger partial charge in [-0.2, -0.15) is 0 Å². The molecule has 6 nitrogen and oxygen atoms in total. The van der Waals surface area contributed by atoms with Gasteiger partial charge >= 0.3 is 5.97 Å². The Morgan fingerprint density at radius 1 is 1.08 bits per heavy atom. The van der Waals surface area contributed by atoms with Crippen molar-refractivity contribution in [2.75, 3.05) is 27.4 Å². The monoisotopic (exact) mass is 349 g/mol. The fourth-order valence-electron chi connectivity index (χ4n) is 2.09. The second kappa shape index (κ2) is 8.93. The fraction of sp³-hybridized carbons (Fsp3) is 0.294. The Morgan fingerprint density at radius 3 is 2.38 bits per heavy atom. The zero-order chi connectivity index (χ0) is 17.4. The average molecular weight is 349 g/mol. The summed E-state index contributed by atoms with van der Waals surface area (Å²) in [5.74, 6) is -0.360. The molecule has 24 heavy (non-hydrogen) atoms. The van der Waals surface area contributed by atoms with Crippen molar-refractivity contribution in [2.45, 2.75) is 6.42 Å². The van der Waals surface area contributed by atoms with Crippen molar-refractivity contribution in [2.24, 2.45) is 0 Å². The molecule has 7 heteroatoms. The molecule has 0 saturated carbocycles. The summed E-state index contributed by atoms with van der Waals surface area (Å²) >= 11 is 1.63. The highest BCUT2D eigenvalue weighted by Crippen LogP contribution is 2.28. The number of thiophene rings is 1. The lowest BCUT2D eigenvalue weighted by atomic mass is 10.2. The van der Waals surface area contributed by atoms with Crippen molar-refractivity contribution in [3.05, 3.63) is 46.2 Å². The van der Waals surface area contributed by atoms with E-state index in [1.54, 1.807) is 29.5 Å². The van der Waals surface area contributed by atoms with Gasteiger partial charge in [-0.05, 0) is 30.0 Å². The van der Waals surface area contributed by atoms with E-state index in [9.17, 15) is 9.59 Å². The van der Waals surface area contributed by atoms with Gasteiger partial charge in [0.05, 0.1) is 14.2 Å². The van der Waals surface area contributed by atoms with Gasteiger partial charge in [0.2, 0.25) is 0 Å². The number of hydrogen-bond donors (Lipinski definition) is 1. The topological polar surface area (TPSA) is 73.9 Å². The lowest BCUT2D eigenvalue weighted by molar-refractivity contribution is -0.124. The van der Waals surface area contributed by atoms with Crippen LogP contribution in [0.15, 0.2) is 35.7 Å². The number of esters is 1. The highest BCUT2D eigenvalue weighted by Gasteiger charge is 2.20. The molecule has 0 spiro atoms. The number of rotatable bonds is 8. The second-order valence-corrected chi connectivity index (χ2v) is 5.83. The molecule has 1 aromatic heterocycles. The van der Waals surface area contributed by atoms with Gasteiger partial charge in [-0.1, -0.05) is 12.1 Å². The zero-order valence-corrected chi connectivity index (χ0v) is 14.4. The van der Waals surface area contributed by atoms with Gasteiger partial charge in [-0.25, -0.2) is 4.79 Å². The summed E-state index contributed by atoms with van der Waals surface area (Å²) in [6, 6.07) is 8.92. The Bertz CT molecular complexity index is 662. The minimum absolute atomic E-state index is 0.161. The fourth-order valence-corrected chi connectivity index (χ4v) is 2.80. The molecular weight excluding hydrogens is 330 g/mol. The lowest BCUT2D eigenvalue weighted by Crippen LogP contribution is -2.30. The summed E-state index contributed by atoms with van der Waals surface area (Å²) in [6.07, 6.45) is 0.748. The van der Waals surface area contributed by atoms with E-state index < -0.39 is 5.97 Å². The van der Waals surface area contributed by atoms with Gasteiger partial charge in [-0.15, -0.1) is 11.3 Å². The Morgan fingerprint density at radius 2 is 1.79 bits per heavy atom. The Balaban J connectivity index is 1.85. The van der Waals surface area contributed by atoms with Gasteiger partial charge in [0.1, 0.15) is 17.1 Å². The number of carbonyl (C=O) groups excluding carboxylic acids is 2. The predicted octanol–water partition coefficient (Wildman–Crippen LogP) is 2.28. The standard InChI is InChI=1S/C17H19NO5S/c1-21-13-6-3-7-14(22-2)16(13)17(20)23-11-15(19)18-9-8-12-5-4-10-24-12/h3-7,10H,8-9,11H2,1-2H3,(H,18,19). The Hall–Kier alpha value is -2.54. The zero-order valence-electron chi connectivity index (χ0n) is 13.5. The molecule has 0 fully saturated rings. The molecule has 0 unspecified atom stereocenters. The molecule has 1 aromatic carbocycles. The first-order valence-electron chi connectivity index (χ1n) is 7.33. The Labute approximate surface area is 144 Å². The first-order valence-corrected chi connectivity index (χ1v) is 8.21. The summed E-state index contributed by atoms with van der Waals surface area (Å²) in [6.45, 7) is 0.138. The summed E-state index contributed by atoms with van der Waals surface area (Å²) in [5.41, 5.74) is 0.161. The third-order valence-electron chi connectivity index (χ3n) is 3.24. The van der Waals surface area contributed by atoms with Crippen LogP contribution in [-0.4, -0.2) is 39.2 Å². The maximum Gasteiger partial charge on any atom is 0.346 e. The molecule has 2 aromatic rings. The molecule has 0 aliphatic carbocycles. The van der Waals surface area contributed by atoms with Crippen LogP contribution in [0.25, 0.3) is 0 Å². The number of benzene rings is 1. The Kier molecular flexibility index (Phi) is 6.62. The molecule has 1 heterocycles. The van der Waals surface area contributed by atoms with Crippen molar-refractivity contribution in [3.63, 3.8) is 0 Å². The maximum atomic E-state index is 12.2. The number of hydrogen-bond acceptors (Lipinski definition) is 6. The van der Waals surface area contributed by atoms with Crippen LogP contribution in [0.2, 0.25) is 0 Å². The van der Waals surface area contributed by atoms with Gasteiger partial charge in [0, 0.05) is 11.4 Å². The third kappa shape index (κ3) is 4.73. The summed E-state index contributed by atoms with van der Waals surface area (Å²) in [7, 11) is 2.89. The van der Waals surface area contributed by atoms with Crippen molar-refractivity contribution >= 4 is 23.2 Å². The molecule has 1 N–H and O–H groups in total. The third-order valence-corrected chi connectivity index (χ3v) is 4.18. The number of methoxy groups -OCH3 is 2. The number of nitrogens with one attached hydrogen (secondary N) is 1. The van der Waals surface area contributed by atoms with E-state index in [1.165, 1.54) is 19.1 Å². The van der Waals surface area contributed by atoms with Gasteiger partial charge < -0.3 is 19.5 Å². The SMILES string of the molecule is COc1cccc(OC)c1C(=O)OCC(=O)NCCc1cccs1. The molecule has 0 aliphatic heterocycles. The minimum Gasteiger partial charge on any atom is -0.496 e. The second-order valence-electron chi connectivity index (χ2n) is 4.79. The van der Waals surface area contributed by atoms with Crippen LogP contribution >= 0.6 is 11.3 Å². The lowest BCUT2D eigenvalue weighted by Gasteiger charge is -2.12. The number of carbonyl (C=O) groups is 2. The quantitative estimate of drug-likeness (QED) is 0.740. The molecule has 128 valence electrons. The summed E-state index contributed by atoms with van der Waals surface area (Å²) < 4.78 is 15.3. The van der Waals surface area contributed by atoms with Crippen LogP contribution in [-0.2, 0) is 16.0 Å². The van der Waals surface area contributed by atoms with Crippen LogP contribution in [0, 0.1) is 0 Å². The van der Waals surface area contributed by atoms with E-state index in [-0.39, 0.29) is 18.1 Å². The van der Waals surface area contributed by atoms with Crippen LogP contribution in [0.1, 0.15) is 15.2 Å². The molecule has 0 bridgehead atoms. The van der Waals surface area contributed by atoms with Crippen LogP contribution in [0.5, 0.6) is 11.5 Å². The molecule has 1 amide bonds. The van der Waals surface area contributed by atoms with Crippen LogP contribution in [0.4, 0.5) is 0 Å². The molecule has 0 aliphatic rings. The minimum atomic E-state index is -0.669. The number of amides is 1. The van der Waals surface area contributed by atoms with Crippen molar-refractivity contribution < 1.29 is 23.8 Å². The smallest absolute Gasteiger partial charge is 0.346 e. The van der Waals surface area contributed by atoms with E-state index in [0.29, 0.717) is 18.0 Å². The van der Waals surface area contributed by atoms with Gasteiger partial charge in [-0.3, -0.25) is 4.79 Å². The average Bonchev–Trinajstić information content (AvgIpc) is 3.12. The summed E-state index contributed by atoms with van der Waals surface area (Å²) in [4.78, 5) is 25.2. The van der Waals surface area contributed by atoms with E-state index in [0.717, 1.165) is 6.42 Å². The molecule has 0 atom stereocenters. The van der Waals surface area contributed by atoms with E-state index in [2.05, 4.69) is 5.32 Å². The molecule has 0 saturated heterocycles. The molecule has 2 rings (SSSR count). The van der Waals surface area contributed by atoms with Crippen LogP contribution < -0.4 is 14.8 Å². The highest BCUT2D eigenvalue weighted by molar-refractivity contribution is 7.09. The first kappa shape index (κ1) is 17.8. The predicted molar refractivity (Wildman–Crippen MR) is 90.9 cm³/mol. The van der Waals surface area contributed by atoms with Crippen molar-refractivity contribution in [1.82, 2.24) is 5.32 Å². The highest BCUT2D eigenvalue weighted by atomic mass is 32.1. The number of ether oxygens (including phenoxy) is 3. The van der Waals surface area contributed by atoms with Gasteiger partial charge in [0.25, 0.3) is 5.91 Å². The molecular formula is C17H19NO5S. The largest absolute Gasteiger partial charge is 0.496 e. The van der Waals surface area contributed by atoms with E-state index >= 15 is 0 Å². The van der Waals surface area contributed by atoms with E-state index in [4.69, 9.17) is 14.2 Å². The normalized spacial score (nSPS) is 10.1. The molecule has 0 radical (unpaired) electrons.